The van der Waals surface area contributed by atoms with E-state index in [-0.39, 0.29) is 17.8 Å². The first-order valence-corrected chi connectivity index (χ1v) is 8.93. The van der Waals surface area contributed by atoms with Crippen LogP contribution < -0.4 is 14.8 Å². The van der Waals surface area contributed by atoms with E-state index in [9.17, 15) is 9.90 Å². The fraction of sp³-hybridized carbons (Fsp3) is 0.381. The summed E-state index contributed by atoms with van der Waals surface area (Å²) in [6.45, 7) is 2.39. The summed E-state index contributed by atoms with van der Waals surface area (Å²) in [5, 5.41) is 12.9. The molecule has 0 fully saturated rings. The maximum absolute atomic E-state index is 12.4. The number of nitrogens with zero attached hydrogens (tertiary/aromatic N) is 1. The van der Waals surface area contributed by atoms with Crippen LogP contribution in [0.4, 0.5) is 4.79 Å². The maximum atomic E-state index is 12.4. The molecule has 2 amide bonds. The Labute approximate surface area is 160 Å². The molecular weight excluding hydrogens is 344 g/mol. The Hall–Kier alpha value is -2.89. The number of rotatable bonds is 8. The van der Waals surface area contributed by atoms with Crippen LogP contribution in [0.25, 0.3) is 0 Å². The molecule has 6 nitrogen and oxygen atoms in total. The molecule has 0 saturated heterocycles. The van der Waals surface area contributed by atoms with E-state index in [2.05, 4.69) is 5.32 Å². The highest BCUT2D eigenvalue weighted by Gasteiger charge is 2.13. The van der Waals surface area contributed by atoms with E-state index in [0.717, 1.165) is 24.2 Å². The van der Waals surface area contributed by atoms with Crippen LogP contribution in [-0.4, -0.2) is 43.3 Å². The fourth-order valence-corrected chi connectivity index (χ4v) is 2.75. The van der Waals surface area contributed by atoms with Gasteiger partial charge in [-0.15, -0.1) is 0 Å². The van der Waals surface area contributed by atoms with E-state index in [4.69, 9.17) is 9.47 Å². The number of urea groups is 1. The van der Waals surface area contributed by atoms with Crippen LogP contribution >= 0.6 is 0 Å². The molecule has 0 bridgehead atoms. The second kappa shape index (κ2) is 9.71. The second-order valence-corrected chi connectivity index (χ2v) is 6.60. The van der Waals surface area contributed by atoms with E-state index in [0.29, 0.717) is 12.3 Å². The van der Waals surface area contributed by atoms with Crippen LogP contribution in [-0.2, 0) is 13.0 Å². The summed E-state index contributed by atoms with van der Waals surface area (Å²) in [4.78, 5) is 14.0. The van der Waals surface area contributed by atoms with Gasteiger partial charge in [0.25, 0.3) is 0 Å². The summed E-state index contributed by atoms with van der Waals surface area (Å²) in [5.74, 6) is 1.32. The first kappa shape index (κ1) is 20.4. The summed E-state index contributed by atoms with van der Waals surface area (Å²) in [7, 11) is 4.88. The first-order chi connectivity index (χ1) is 12.9. The SMILES string of the molecule is COc1ccc(CCC(C)NC(=O)N(C)Cc2ccc(OC)c(O)c2)cc1. The Morgan fingerprint density at radius 2 is 1.78 bits per heavy atom. The van der Waals surface area contributed by atoms with Crippen LogP contribution in [0.3, 0.4) is 0 Å². The molecule has 2 rings (SSSR count). The number of hydrogen-bond acceptors (Lipinski definition) is 4. The Kier molecular flexibility index (Phi) is 7.34. The number of aryl methyl sites for hydroxylation is 1. The number of carbonyl (C=O) groups is 1. The van der Waals surface area contributed by atoms with Gasteiger partial charge >= 0.3 is 6.03 Å². The molecule has 0 radical (unpaired) electrons. The van der Waals surface area contributed by atoms with Crippen molar-refractivity contribution in [2.75, 3.05) is 21.3 Å². The molecule has 0 aromatic heterocycles. The third kappa shape index (κ3) is 6.09. The van der Waals surface area contributed by atoms with E-state index in [1.54, 1.807) is 31.2 Å². The van der Waals surface area contributed by atoms with Crippen molar-refractivity contribution in [2.45, 2.75) is 32.4 Å². The number of phenolic OH excluding ortho intramolecular Hbond substituents is 1. The quantitative estimate of drug-likeness (QED) is 0.743. The van der Waals surface area contributed by atoms with Gasteiger partial charge in [-0.05, 0) is 55.2 Å². The smallest absolute Gasteiger partial charge is 0.317 e. The van der Waals surface area contributed by atoms with E-state index in [1.807, 2.05) is 37.3 Å². The van der Waals surface area contributed by atoms with E-state index >= 15 is 0 Å². The molecule has 2 N–H and O–H groups in total. The van der Waals surface area contributed by atoms with Gasteiger partial charge < -0.3 is 24.8 Å². The lowest BCUT2D eigenvalue weighted by Gasteiger charge is -2.22. The summed E-state index contributed by atoms with van der Waals surface area (Å²) >= 11 is 0. The van der Waals surface area contributed by atoms with Gasteiger partial charge in [0.2, 0.25) is 0 Å². The minimum Gasteiger partial charge on any atom is -0.504 e. The molecule has 0 spiro atoms. The predicted octanol–water partition coefficient (Wildman–Crippen LogP) is 3.57. The van der Waals surface area contributed by atoms with Crippen molar-refractivity contribution < 1.29 is 19.4 Å². The van der Waals surface area contributed by atoms with Gasteiger partial charge in [0.05, 0.1) is 14.2 Å². The third-order valence-corrected chi connectivity index (χ3v) is 4.40. The van der Waals surface area contributed by atoms with Gasteiger partial charge in [-0.1, -0.05) is 18.2 Å². The minimum atomic E-state index is -0.146. The lowest BCUT2D eigenvalue weighted by Crippen LogP contribution is -2.41. The molecule has 0 aliphatic rings. The number of ether oxygens (including phenoxy) is 2. The largest absolute Gasteiger partial charge is 0.504 e. The number of methoxy groups -OCH3 is 2. The zero-order valence-corrected chi connectivity index (χ0v) is 16.4. The third-order valence-electron chi connectivity index (χ3n) is 4.40. The first-order valence-electron chi connectivity index (χ1n) is 8.93. The summed E-state index contributed by atoms with van der Waals surface area (Å²) < 4.78 is 10.2. The van der Waals surface area contributed by atoms with Crippen LogP contribution in [0.15, 0.2) is 42.5 Å². The van der Waals surface area contributed by atoms with Crippen molar-refractivity contribution in [3.05, 3.63) is 53.6 Å². The molecule has 0 aliphatic carbocycles. The number of carbonyl (C=O) groups excluding carboxylic acids is 1. The molecule has 0 aliphatic heterocycles. The van der Waals surface area contributed by atoms with Gasteiger partial charge in [-0.2, -0.15) is 0 Å². The molecule has 27 heavy (non-hydrogen) atoms. The Balaban J connectivity index is 1.81. The van der Waals surface area contributed by atoms with E-state index in [1.165, 1.54) is 12.7 Å². The predicted molar refractivity (Wildman–Crippen MR) is 105 cm³/mol. The van der Waals surface area contributed by atoms with Gasteiger partial charge in [-0.25, -0.2) is 4.79 Å². The van der Waals surface area contributed by atoms with Crippen molar-refractivity contribution in [1.82, 2.24) is 10.2 Å². The molecule has 1 unspecified atom stereocenters. The number of benzene rings is 2. The zero-order valence-electron chi connectivity index (χ0n) is 16.4. The Morgan fingerprint density at radius 1 is 1.11 bits per heavy atom. The van der Waals surface area contributed by atoms with Crippen molar-refractivity contribution in [1.29, 1.82) is 0 Å². The summed E-state index contributed by atoms with van der Waals surface area (Å²) in [6, 6.07) is 13.0. The molecule has 1 atom stereocenters. The molecule has 0 heterocycles. The topological polar surface area (TPSA) is 71.0 Å². The molecular formula is C21H28N2O4. The van der Waals surface area contributed by atoms with Crippen LogP contribution in [0, 0.1) is 0 Å². The molecule has 6 heteroatoms. The van der Waals surface area contributed by atoms with Crippen LogP contribution in [0.5, 0.6) is 17.2 Å². The van der Waals surface area contributed by atoms with Crippen molar-refractivity contribution in [3.63, 3.8) is 0 Å². The molecule has 0 saturated carbocycles. The number of aromatic hydroxyl groups is 1. The van der Waals surface area contributed by atoms with Crippen molar-refractivity contribution in [2.24, 2.45) is 0 Å². The lowest BCUT2D eigenvalue weighted by molar-refractivity contribution is 0.203. The molecule has 2 aromatic carbocycles. The Morgan fingerprint density at radius 3 is 2.37 bits per heavy atom. The highest BCUT2D eigenvalue weighted by atomic mass is 16.5. The van der Waals surface area contributed by atoms with Crippen LogP contribution in [0.2, 0.25) is 0 Å². The van der Waals surface area contributed by atoms with Gasteiger partial charge in [-0.3, -0.25) is 0 Å². The average Bonchev–Trinajstić information content (AvgIpc) is 2.66. The average molecular weight is 372 g/mol. The highest BCUT2D eigenvalue weighted by molar-refractivity contribution is 5.74. The van der Waals surface area contributed by atoms with Crippen LogP contribution in [0.1, 0.15) is 24.5 Å². The zero-order chi connectivity index (χ0) is 19.8. The number of nitrogens with one attached hydrogen (secondary N) is 1. The van der Waals surface area contributed by atoms with Gasteiger partial charge in [0.1, 0.15) is 5.75 Å². The van der Waals surface area contributed by atoms with Gasteiger partial charge in [0.15, 0.2) is 11.5 Å². The van der Waals surface area contributed by atoms with E-state index < -0.39 is 0 Å². The maximum Gasteiger partial charge on any atom is 0.317 e. The van der Waals surface area contributed by atoms with Crippen molar-refractivity contribution >= 4 is 6.03 Å². The van der Waals surface area contributed by atoms with Crippen molar-refractivity contribution in [3.8, 4) is 17.2 Å². The summed E-state index contributed by atoms with van der Waals surface area (Å²) in [6.07, 6.45) is 1.72. The number of hydrogen-bond donors (Lipinski definition) is 2. The molecule has 2 aromatic rings. The normalized spacial score (nSPS) is 11.6. The second-order valence-electron chi connectivity index (χ2n) is 6.60. The minimum absolute atomic E-state index is 0.0475. The lowest BCUT2D eigenvalue weighted by atomic mass is 10.1. The monoisotopic (exact) mass is 372 g/mol. The highest BCUT2D eigenvalue weighted by Crippen LogP contribution is 2.26. The number of phenols is 1. The number of amides is 2. The molecule has 146 valence electrons. The standard InChI is InChI=1S/C21H28N2O4/c1-15(5-6-16-7-10-18(26-3)11-8-16)22-21(25)23(2)14-17-9-12-20(27-4)19(24)13-17/h7-13,15,24H,5-6,14H2,1-4H3,(H,22,25). The Bertz CT molecular complexity index is 746. The summed E-state index contributed by atoms with van der Waals surface area (Å²) in [5.41, 5.74) is 2.04. The van der Waals surface area contributed by atoms with Gasteiger partial charge in [0, 0.05) is 19.6 Å². The fourth-order valence-electron chi connectivity index (χ4n) is 2.75.